The number of rotatable bonds is 5. The Morgan fingerprint density at radius 2 is 2.32 bits per heavy atom. The topological polar surface area (TPSA) is 76.6 Å². The van der Waals surface area contributed by atoms with Crippen molar-refractivity contribution >= 4 is 10.0 Å². The minimum Gasteiger partial charge on any atom is -0.390 e. The molecule has 1 aliphatic rings. The highest BCUT2D eigenvalue weighted by Gasteiger charge is 2.27. The van der Waals surface area contributed by atoms with Crippen LogP contribution in [-0.2, 0) is 16.6 Å². The van der Waals surface area contributed by atoms with Crippen LogP contribution in [0.1, 0.15) is 12.1 Å². The molecule has 7 heteroatoms. The molecule has 0 bridgehead atoms. The number of aromatic amines is 1. The van der Waals surface area contributed by atoms with E-state index < -0.39 is 10.0 Å². The first kappa shape index (κ1) is 14.5. The number of nitrogens with one attached hydrogen (secondary N) is 1. The van der Waals surface area contributed by atoms with Crippen LogP contribution < -0.4 is 0 Å². The summed E-state index contributed by atoms with van der Waals surface area (Å²) in [4.78, 5) is 5.18. The van der Waals surface area contributed by atoms with Crippen LogP contribution in [0, 0.1) is 5.92 Å². The summed E-state index contributed by atoms with van der Waals surface area (Å²) in [5.74, 6) is 0.390. The minimum atomic E-state index is -3.46. The Morgan fingerprint density at radius 3 is 2.84 bits per heavy atom. The summed E-state index contributed by atoms with van der Waals surface area (Å²) in [6.45, 7) is 2.31. The molecule has 108 valence electrons. The zero-order chi connectivity index (χ0) is 14.0. The highest BCUT2D eigenvalue weighted by molar-refractivity contribution is 7.89. The molecule has 0 aliphatic carbocycles. The largest absolute Gasteiger partial charge is 0.390 e. The third-order valence-corrected chi connectivity index (χ3v) is 5.40. The Bertz CT molecular complexity index is 526. The highest BCUT2D eigenvalue weighted by Crippen LogP contribution is 2.20. The van der Waals surface area contributed by atoms with Gasteiger partial charge in [0.2, 0.25) is 10.0 Å². The van der Waals surface area contributed by atoms with Gasteiger partial charge in [0.25, 0.3) is 0 Å². The normalized spacial score (nSPS) is 21.4. The first-order valence-electron chi connectivity index (χ1n) is 6.36. The van der Waals surface area contributed by atoms with E-state index in [9.17, 15) is 8.42 Å². The van der Waals surface area contributed by atoms with Crippen molar-refractivity contribution in [1.82, 2.24) is 14.2 Å². The van der Waals surface area contributed by atoms with E-state index in [4.69, 9.17) is 5.11 Å². The summed E-state index contributed by atoms with van der Waals surface area (Å²) >= 11 is 0. The lowest BCUT2D eigenvalue weighted by Gasteiger charge is -2.20. The van der Waals surface area contributed by atoms with E-state index in [0.29, 0.717) is 18.2 Å². The number of nitrogens with zero attached hydrogens (tertiary/aromatic N) is 2. The number of aromatic nitrogens is 1. The number of aliphatic hydroxyl groups is 1. The summed E-state index contributed by atoms with van der Waals surface area (Å²) in [7, 11) is 0.199. The predicted molar refractivity (Wildman–Crippen MR) is 72.1 cm³/mol. The van der Waals surface area contributed by atoms with Crippen molar-refractivity contribution < 1.29 is 13.5 Å². The van der Waals surface area contributed by atoms with Gasteiger partial charge in [-0.1, -0.05) is 0 Å². The summed E-state index contributed by atoms with van der Waals surface area (Å²) in [6, 6.07) is 1.48. The van der Waals surface area contributed by atoms with Gasteiger partial charge >= 0.3 is 0 Å². The van der Waals surface area contributed by atoms with E-state index in [1.54, 1.807) is 7.05 Å². The van der Waals surface area contributed by atoms with Crippen LogP contribution in [0.25, 0.3) is 0 Å². The lowest BCUT2D eigenvalue weighted by molar-refractivity contribution is 0.277. The summed E-state index contributed by atoms with van der Waals surface area (Å²) in [6.07, 6.45) is 2.46. The maximum atomic E-state index is 12.3. The Kier molecular flexibility index (Phi) is 4.29. The zero-order valence-corrected chi connectivity index (χ0v) is 12.2. The number of likely N-dealkylation sites (tertiary alicyclic amines) is 1. The van der Waals surface area contributed by atoms with Crippen LogP contribution in [0.4, 0.5) is 0 Å². The first-order chi connectivity index (χ1) is 8.93. The lowest BCUT2D eigenvalue weighted by Crippen LogP contribution is -2.32. The summed E-state index contributed by atoms with van der Waals surface area (Å²) in [5.41, 5.74) is 0.507. The van der Waals surface area contributed by atoms with Gasteiger partial charge in [-0.3, -0.25) is 0 Å². The van der Waals surface area contributed by atoms with Gasteiger partial charge in [-0.25, -0.2) is 12.7 Å². The van der Waals surface area contributed by atoms with Crippen molar-refractivity contribution in [2.75, 3.05) is 33.7 Å². The highest BCUT2D eigenvalue weighted by atomic mass is 32.2. The van der Waals surface area contributed by atoms with Crippen molar-refractivity contribution in [2.24, 2.45) is 5.92 Å². The Hall–Kier alpha value is -0.890. The predicted octanol–water partition coefficient (Wildman–Crippen LogP) is 0.0792. The number of hydrogen-bond acceptors (Lipinski definition) is 4. The summed E-state index contributed by atoms with van der Waals surface area (Å²) < 4.78 is 26.1. The van der Waals surface area contributed by atoms with Gasteiger partial charge in [0, 0.05) is 32.0 Å². The lowest BCUT2D eigenvalue weighted by atomic mass is 10.1. The van der Waals surface area contributed by atoms with Gasteiger partial charge < -0.3 is 15.0 Å². The van der Waals surface area contributed by atoms with E-state index in [-0.39, 0.29) is 11.5 Å². The fraction of sp³-hybridized carbons (Fsp3) is 0.667. The molecule has 0 spiro atoms. The first-order valence-corrected chi connectivity index (χ1v) is 7.80. The van der Waals surface area contributed by atoms with Gasteiger partial charge in [-0.05, 0) is 32.0 Å². The number of hydrogen-bond donors (Lipinski definition) is 2. The number of aliphatic hydroxyl groups excluding tert-OH is 1. The fourth-order valence-corrected chi connectivity index (χ4v) is 3.74. The Balaban J connectivity index is 2.06. The second kappa shape index (κ2) is 5.62. The molecule has 1 aromatic rings. The molecule has 1 fully saturated rings. The van der Waals surface area contributed by atoms with Crippen LogP contribution in [0.2, 0.25) is 0 Å². The number of H-pyrrole nitrogens is 1. The Labute approximate surface area is 114 Å². The van der Waals surface area contributed by atoms with E-state index in [1.165, 1.54) is 16.6 Å². The molecule has 0 saturated carbocycles. The molecule has 6 nitrogen and oxygen atoms in total. The molecular formula is C12H21N3O3S. The fourth-order valence-electron chi connectivity index (χ4n) is 2.48. The van der Waals surface area contributed by atoms with E-state index in [0.717, 1.165) is 19.5 Å². The third kappa shape index (κ3) is 3.17. The minimum absolute atomic E-state index is 0.188. The van der Waals surface area contributed by atoms with Gasteiger partial charge in [0.15, 0.2) is 0 Å². The van der Waals surface area contributed by atoms with Gasteiger partial charge in [0.05, 0.1) is 11.5 Å². The second-order valence-corrected chi connectivity index (χ2v) is 7.27. The Morgan fingerprint density at radius 1 is 1.58 bits per heavy atom. The molecule has 0 amide bonds. The third-order valence-electron chi connectivity index (χ3n) is 3.60. The van der Waals surface area contributed by atoms with Crippen molar-refractivity contribution in [2.45, 2.75) is 17.9 Å². The standard InChI is InChI=1S/C12H21N3O3S/c1-14-4-3-10(7-14)8-15(2)19(17,18)12-5-11(9-16)13-6-12/h5-6,10,13,16H,3-4,7-9H2,1-2H3. The van der Waals surface area contributed by atoms with Crippen LogP contribution in [-0.4, -0.2) is 61.4 Å². The maximum Gasteiger partial charge on any atom is 0.244 e. The van der Waals surface area contributed by atoms with E-state index in [2.05, 4.69) is 9.88 Å². The zero-order valence-electron chi connectivity index (χ0n) is 11.3. The van der Waals surface area contributed by atoms with Crippen LogP contribution in [0.15, 0.2) is 17.2 Å². The molecule has 19 heavy (non-hydrogen) atoms. The van der Waals surface area contributed by atoms with Crippen LogP contribution >= 0.6 is 0 Å². The average molecular weight is 287 g/mol. The number of sulfonamides is 1. The van der Waals surface area contributed by atoms with Crippen LogP contribution in [0.3, 0.4) is 0 Å². The molecule has 2 rings (SSSR count). The quantitative estimate of drug-likeness (QED) is 0.804. The molecular weight excluding hydrogens is 266 g/mol. The molecule has 1 saturated heterocycles. The average Bonchev–Trinajstić information content (AvgIpc) is 2.98. The monoisotopic (exact) mass is 287 g/mol. The van der Waals surface area contributed by atoms with Gasteiger partial charge in [-0.15, -0.1) is 0 Å². The summed E-state index contributed by atoms with van der Waals surface area (Å²) in [5, 5.41) is 8.97. The maximum absolute atomic E-state index is 12.3. The van der Waals surface area contributed by atoms with Gasteiger partial charge in [0.1, 0.15) is 0 Å². The molecule has 2 N–H and O–H groups in total. The van der Waals surface area contributed by atoms with Crippen molar-refractivity contribution in [1.29, 1.82) is 0 Å². The molecule has 0 aromatic carbocycles. The second-order valence-electron chi connectivity index (χ2n) is 5.22. The van der Waals surface area contributed by atoms with Gasteiger partial charge in [-0.2, -0.15) is 0 Å². The molecule has 0 radical (unpaired) electrons. The van der Waals surface area contributed by atoms with Crippen molar-refractivity contribution in [3.63, 3.8) is 0 Å². The SMILES string of the molecule is CN1CCC(CN(C)S(=O)(=O)c2c[nH]c(CO)c2)C1. The van der Waals surface area contributed by atoms with Crippen molar-refractivity contribution in [3.05, 3.63) is 18.0 Å². The van der Waals surface area contributed by atoms with E-state index >= 15 is 0 Å². The van der Waals surface area contributed by atoms with Crippen LogP contribution in [0.5, 0.6) is 0 Å². The molecule has 1 aliphatic heterocycles. The van der Waals surface area contributed by atoms with E-state index in [1.807, 2.05) is 7.05 Å². The van der Waals surface area contributed by atoms with Crippen molar-refractivity contribution in [3.8, 4) is 0 Å². The molecule has 1 atom stereocenters. The smallest absolute Gasteiger partial charge is 0.244 e. The molecule has 1 aromatic heterocycles. The molecule has 2 heterocycles. The molecule has 1 unspecified atom stereocenters.